The van der Waals surface area contributed by atoms with Crippen LogP contribution in [0.1, 0.15) is 5.56 Å². The highest BCUT2D eigenvalue weighted by atomic mass is 16.6. The second kappa shape index (κ2) is 2.91. The lowest BCUT2D eigenvalue weighted by Gasteiger charge is -1.81. The van der Waals surface area contributed by atoms with E-state index in [1.807, 2.05) is 18.5 Å². The van der Waals surface area contributed by atoms with Crippen LogP contribution in [0.2, 0.25) is 0 Å². The van der Waals surface area contributed by atoms with Gasteiger partial charge >= 0.3 is 0 Å². The molecular formula is C6H8N2O. The highest BCUT2D eigenvalue weighted by molar-refractivity contribution is 5.78. The maximum atomic E-state index is 4.47. The van der Waals surface area contributed by atoms with Gasteiger partial charge in [0.05, 0.1) is 6.21 Å². The molecule has 0 aromatic carbocycles. The minimum absolute atomic E-state index is 1.01. The SMILES string of the molecule is CO/N=C/c1cc[nH]c1. The van der Waals surface area contributed by atoms with Crippen molar-refractivity contribution in [3.05, 3.63) is 24.0 Å². The molecule has 0 aliphatic heterocycles. The van der Waals surface area contributed by atoms with E-state index in [1.165, 1.54) is 7.11 Å². The van der Waals surface area contributed by atoms with Crippen LogP contribution in [0, 0.1) is 0 Å². The van der Waals surface area contributed by atoms with Crippen molar-refractivity contribution >= 4 is 6.21 Å². The number of nitrogens with one attached hydrogen (secondary N) is 1. The average Bonchev–Trinajstić information content (AvgIpc) is 2.34. The Kier molecular flexibility index (Phi) is 1.90. The van der Waals surface area contributed by atoms with E-state index in [2.05, 4.69) is 15.0 Å². The van der Waals surface area contributed by atoms with E-state index in [1.54, 1.807) is 6.21 Å². The fraction of sp³-hybridized carbons (Fsp3) is 0.167. The van der Waals surface area contributed by atoms with Crippen LogP contribution in [-0.2, 0) is 4.84 Å². The number of hydrogen-bond acceptors (Lipinski definition) is 2. The van der Waals surface area contributed by atoms with Gasteiger partial charge in [0.15, 0.2) is 0 Å². The molecule has 0 unspecified atom stereocenters. The van der Waals surface area contributed by atoms with Crippen LogP contribution in [0.4, 0.5) is 0 Å². The number of hydrogen-bond donors (Lipinski definition) is 1. The minimum Gasteiger partial charge on any atom is -0.399 e. The van der Waals surface area contributed by atoms with Gasteiger partial charge in [-0.15, -0.1) is 0 Å². The van der Waals surface area contributed by atoms with E-state index in [0.29, 0.717) is 0 Å². The summed E-state index contributed by atoms with van der Waals surface area (Å²) in [7, 11) is 1.52. The van der Waals surface area contributed by atoms with Crippen molar-refractivity contribution in [3.8, 4) is 0 Å². The van der Waals surface area contributed by atoms with Crippen molar-refractivity contribution in [3.63, 3.8) is 0 Å². The number of aromatic nitrogens is 1. The van der Waals surface area contributed by atoms with Crippen LogP contribution in [-0.4, -0.2) is 18.3 Å². The molecule has 0 radical (unpaired) electrons. The van der Waals surface area contributed by atoms with E-state index < -0.39 is 0 Å². The maximum Gasteiger partial charge on any atom is 0.106 e. The topological polar surface area (TPSA) is 37.4 Å². The third-order valence-electron chi connectivity index (χ3n) is 0.929. The Bertz CT molecular complexity index is 179. The third-order valence-corrected chi connectivity index (χ3v) is 0.929. The van der Waals surface area contributed by atoms with Crippen molar-refractivity contribution in [1.29, 1.82) is 0 Å². The third kappa shape index (κ3) is 1.60. The number of nitrogens with zero attached hydrogens (tertiary/aromatic N) is 1. The minimum atomic E-state index is 1.01. The van der Waals surface area contributed by atoms with Gasteiger partial charge in [-0.25, -0.2) is 0 Å². The molecule has 1 N–H and O–H groups in total. The van der Waals surface area contributed by atoms with E-state index in [4.69, 9.17) is 0 Å². The fourth-order valence-corrected chi connectivity index (χ4v) is 0.531. The lowest BCUT2D eigenvalue weighted by Crippen LogP contribution is -1.74. The van der Waals surface area contributed by atoms with E-state index >= 15 is 0 Å². The first-order valence-corrected chi connectivity index (χ1v) is 2.63. The molecule has 1 aromatic rings. The fourth-order valence-electron chi connectivity index (χ4n) is 0.531. The molecule has 0 aliphatic carbocycles. The van der Waals surface area contributed by atoms with Crippen molar-refractivity contribution in [2.45, 2.75) is 0 Å². The summed E-state index contributed by atoms with van der Waals surface area (Å²) in [6.07, 6.45) is 5.30. The van der Waals surface area contributed by atoms with Crippen LogP contribution in [0.15, 0.2) is 23.6 Å². The van der Waals surface area contributed by atoms with Gasteiger partial charge in [0.25, 0.3) is 0 Å². The van der Waals surface area contributed by atoms with Crippen LogP contribution >= 0.6 is 0 Å². The maximum absolute atomic E-state index is 4.47. The summed E-state index contributed by atoms with van der Waals surface area (Å²) < 4.78 is 0. The summed E-state index contributed by atoms with van der Waals surface area (Å²) in [5, 5.41) is 3.57. The number of aromatic amines is 1. The summed E-state index contributed by atoms with van der Waals surface area (Å²) in [5.74, 6) is 0. The summed E-state index contributed by atoms with van der Waals surface area (Å²) >= 11 is 0. The van der Waals surface area contributed by atoms with Gasteiger partial charge in [0.1, 0.15) is 7.11 Å². The second-order valence-electron chi connectivity index (χ2n) is 1.56. The Morgan fingerprint density at radius 3 is 3.22 bits per heavy atom. The largest absolute Gasteiger partial charge is 0.399 e. The standard InChI is InChI=1S/C6H8N2O/c1-9-8-5-6-2-3-7-4-6/h2-5,7H,1H3/b8-5+. The molecule has 3 nitrogen and oxygen atoms in total. The summed E-state index contributed by atoms with van der Waals surface area (Å²) in [6, 6.07) is 1.91. The Morgan fingerprint density at radius 1 is 1.78 bits per heavy atom. The highest BCUT2D eigenvalue weighted by Gasteiger charge is 1.82. The molecule has 1 rings (SSSR count). The Hall–Kier alpha value is -1.25. The summed E-state index contributed by atoms with van der Waals surface area (Å²) in [4.78, 5) is 7.36. The zero-order chi connectivity index (χ0) is 6.53. The second-order valence-corrected chi connectivity index (χ2v) is 1.56. The van der Waals surface area contributed by atoms with Crippen LogP contribution < -0.4 is 0 Å². The van der Waals surface area contributed by atoms with Gasteiger partial charge in [-0.2, -0.15) is 0 Å². The number of H-pyrrole nitrogens is 1. The summed E-state index contributed by atoms with van der Waals surface area (Å²) in [5.41, 5.74) is 1.01. The molecule has 48 valence electrons. The molecule has 0 spiro atoms. The van der Waals surface area contributed by atoms with Gasteiger partial charge in [0, 0.05) is 18.0 Å². The van der Waals surface area contributed by atoms with E-state index in [0.717, 1.165) is 5.56 Å². The molecule has 0 bridgehead atoms. The lowest BCUT2D eigenvalue weighted by atomic mass is 10.4. The molecule has 0 fully saturated rings. The molecule has 0 aliphatic rings. The predicted molar refractivity (Wildman–Crippen MR) is 35.4 cm³/mol. The van der Waals surface area contributed by atoms with Gasteiger partial charge in [0.2, 0.25) is 0 Å². The molecule has 9 heavy (non-hydrogen) atoms. The average molecular weight is 124 g/mol. The monoisotopic (exact) mass is 124 g/mol. The molecule has 0 saturated heterocycles. The first-order chi connectivity index (χ1) is 4.43. The van der Waals surface area contributed by atoms with Crippen LogP contribution in [0.3, 0.4) is 0 Å². The van der Waals surface area contributed by atoms with Crippen molar-refractivity contribution in [1.82, 2.24) is 4.98 Å². The van der Waals surface area contributed by atoms with Crippen molar-refractivity contribution in [2.24, 2.45) is 5.16 Å². The zero-order valence-electron chi connectivity index (χ0n) is 5.16. The van der Waals surface area contributed by atoms with Crippen LogP contribution in [0.25, 0.3) is 0 Å². The number of oxime groups is 1. The Balaban J connectivity index is 2.57. The first kappa shape index (κ1) is 5.88. The molecule has 0 amide bonds. The van der Waals surface area contributed by atoms with Crippen molar-refractivity contribution in [2.75, 3.05) is 7.11 Å². The predicted octanol–water partition coefficient (Wildman–Crippen LogP) is 0.995. The Morgan fingerprint density at radius 2 is 2.67 bits per heavy atom. The molecule has 0 saturated carbocycles. The van der Waals surface area contributed by atoms with Gasteiger partial charge < -0.3 is 9.82 Å². The van der Waals surface area contributed by atoms with E-state index in [9.17, 15) is 0 Å². The molecule has 3 heteroatoms. The molecule has 1 heterocycles. The van der Waals surface area contributed by atoms with Crippen LogP contribution in [0.5, 0.6) is 0 Å². The smallest absolute Gasteiger partial charge is 0.106 e. The molecule has 1 aromatic heterocycles. The van der Waals surface area contributed by atoms with Crippen molar-refractivity contribution < 1.29 is 4.84 Å². The highest BCUT2D eigenvalue weighted by Crippen LogP contribution is 1.90. The number of rotatable bonds is 2. The summed E-state index contributed by atoms with van der Waals surface area (Å²) in [6.45, 7) is 0. The van der Waals surface area contributed by atoms with Gasteiger partial charge in [-0.05, 0) is 6.07 Å². The normalized spacial score (nSPS) is 10.3. The quantitative estimate of drug-likeness (QED) is 0.463. The van der Waals surface area contributed by atoms with Gasteiger partial charge in [-0.3, -0.25) is 0 Å². The van der Waals surface area contributed by atoms with Gasteiger partial charge in [-0.1, -0.05) is 5.16 Å². The zero-order valence-corrected chi connectivity index (χ0v) is 5.16. The lowest BCUT2D eigenvalue weighted by molar-refractivity contribution is 0.215. The first-order valence-electron chi connectivity index (χ1n) is 2.63. The molecular weight excluding hydrogens is 116 g/mol. The van der Waals surface area contributed by atoms with E-state index in [-0.39, 0.29) is 0 Å². The molecule has 0 atom stereocenters. The Labute approximate surface area is 53.3 Å².